The van der Waals surface area contributed by atoms with Gasteiger partial charge in [0, 0.05) is 23.7 Å². The second-order valence-corrected chi connectivity index (χ2v) is 6.13. The standard InChI is InChI=1S/C10H9BrN2OS2/c11-9-3-7(4-16-9)10(14)12-2-1-8-5-15-6-13-8/h3-6H,1-2H2,(H,12,14). The molecule has 3 nitrogen and oxygen atoms in total. The van der Waals surface area contributed by atoms with Gasteiger partial charge in [-0.25, -0.2) is 4.98 Å². The Balaban J connectivity index is 1.80. The van der Waals surface area contributed by atoms with Gasteiger partial charge in [0.15, 0.2) is 0 Å². The van der Waals surface area contributed by atoms with Crippen LogP contribution in [0.3, 0.4) is 0 Å². The van der Waals surface area contributed by atoms with E-state index < -0.39 is 0 Å². The SMILES string of the molecule is O=C(NCCc1cscn1)c1csc(Br)c1. The van der Waals surface area contributed by atoms with Crippen molar-refractivity contribution in [2.45, 2.75) is 6.42 Å². The van der Waals surface area contributed by atoms with E-state index in [4.69, 9.17) is 0 Å². The quantitative estimate of drug-likeness (QED) is 0.942. The fraction of sp³-hybridized carbons (Fsp3) is 0.200. The van der Waals surface area contributed by atoms with Crippen LogP contribution in [0.25, 0.3) is 0 Å². The Morgan fingerprint density at radius 3 is 3.00 bits per heavy atom. The van der Waals surface area contributed by atoms with Crippen molar-refractivity contribution in [3.63, 3.8) is 0 Å². The van der Waals surface area contributed by atoms with Crippen LogP contribution in [0.1, 0.15) is 16.1 Å². The van der Waals surface area contributed by atoms with Gasteiger partial charge >= 0.3 is 0 Å². The highest BCUT2D eigenvalue weighted by atomic mass is 79.9. The van der Waals surface area contributed by atoms with Crippen molar-refractivity contribution in [2.24, 2.45) is 0 Å². The highest BCUT2D eigenvalue weighted by Gasteiger charge is 2.07. The summed E-state index contributed by atoms with van der Waals surface area (Å²) >= 11 is 6.41. The van der Waals surface area contributed by atoms with E-state index in [2.05, 4.69) is 26.2 Å². The molecule has 0 aliphatic heterocycles. The van der Waals surface area contributed by atoms with E-state index in [1.54, 1.807) is 16.8 Å². The molecule has 0 spiro atoms. The zero-order chi connectivity index (χ0) is 11.4. The van der Waals surface area contributed by atoms with Crippen molar-refractivity contribution >= 4 is 44.5 Å². The van der Waals surface area contributed by atoms with Gasteiger partial charge in [0.1, 0.15) is 0 Å². The summed E-state index contributed by atoms with van der Waals surface area (Å²) in [6.45, 7) is 0.621. The van der Waals surface area contributed by atoms with E-state index in [0.717, 1.165) is 15.9 Å². The molecule has 16 heavy (non-hydrogen) atoms. The zero-order valence-electron chi connectivity index (χ0n) is 8.27. The fourth-order valence-electron chi connectivity index (χ4n) is 1.20. The fourth-order valence-corrected chi connectivity index (χ4v) is 2.93. The zero-order valence-corrected chi connectivity index (χ0v) is 11.5. The maximum absolute atomic E-state index is 11.6. The summed E-state index contributed by atoms with van der Waals surface area (Å²) in [6.07, 6.45) is 0.778. The normalized spacial score (nSPS) is 10.3. The molecule has 0 unspecified atom stereocenters. The minimum absolute atomic E-state index is 0.0304. The topological polar surface area (TPSA) is 42.0 Å². The van der Waals surface area contributed by atoms with E-state index in [1.165, 1.54) is 11.3 Å². The Hall–Kier alpha value is -0.720. The number of nitrogens with one attached hydrogen (secondary N) is 1. The third kappa shape index (κ3) is 3.13. The number of hydrogen-bond donors (Lipinski definition) is 1. The third-order valence-electron chi connectivity index (χ3n) is 1.98. The molecule has 0 saturated heterocycles. The molecule has 0 aromatic carbocycles. The Morgan fingerprint density at radius 2 is 2.38 bits per heavy atom. The van der Waals surface area contributed by atoms with Gasteiger partial charge in [-0.3, -0.25) is 4.79 Å². The van der Waals surface area contributed by atoms with Crippen LogP contribution in [0.5, 0.6) is 0 Å². The average Bonchev–Trinajstić information content (AvgIpc) is 2.89. The monoisotopic (exact) mass is 316 g/mol. The molecule has 84 valence electrons. The predicted molar refractivity (Wildman–Crippen MR) is 70.2 cm³/mol. The molecule has 2 aromatic rings. The number of carbonyl (C=O) groups is 1. The van der Waals surface area contributed by atoms with Crippen molar-refractivity contribution in [1.29, 1.82) is 0 Å². The van der Waals surface area contributed by atoms with Crippen LogP contribution in [0.15, 0.2) is 26.1 Å². The van der Waals surface area contributed by atoms with Crippen LogP contribution >= 0.6 is 38.6 Å². The lowest BCUT2D eigenvalue weighted by Crippen LogP contribution is -2.25. The number of thiophene rings is 1. The first-order valence-corrected chi connectivity index (χ1v) is 7.26. The van der Waals surface area contributed by atoms with Crippen LogP contribution in [-0.2, 0) is 6.42 Å². The van der Waals surface area contributed by atoms with Gasteiger partial charge in [0.25, 0.3) is 5.91 Å². The summed E-state index contributed by atoms with van der Waals surface area (Å²) in [5.74, 6) is -0.0304. The minimum atomic E-state index is -0.0304. The van der Waals surface area contributed by atoms with Gasteiger partial charge in [0.2, 0.25) is 0 Å². The van der Waals surface area contributed by atoms with E-state index in [0.29, 0.717) is 12.1 Å². The number of amides is 1. The van der Waals surface area contributed by atoms with Gasteiger partial charge in [-0.15, -0.1) is 22.7 Å². The van der Waals surface area contributed by atoms with Crippen LogP contribution in [0, 0.1) is 0 Å². The van der Waals surface area contributed by atoms with Gasteiger partial charge in [-0.2, -0.15) is 0 Å². The van der Waals surface area contributed by atoms with Crippen molar-refractivity contribution in [3.05, 3.63) is 37.4 Å². The van der Waals surface area contributed by atoms with Gasteiger partial charge in [0.05, 0.1) is 20.6 Å². The number of rotatable bonds is 4. The molecule has 1 N–H and O–H groups in total. The predicted octanol–water partition coefficient (Wildman–Crippen LogP) is 2.94. The Labute approximate surface area is 110 Å². The first-order chi connectivity index (χ1) is 7.75. The second-order valence-electron chi connectivity index (χ2n) is 3.13. The number of hydrogen-bond acceptors (Lipinski definition) is 4. The summed E-state index contributed by atoms with van der Waals surface area (Å²) < 4.78 is 0.970. The number of thiazole rings is 1. The van der Waals surface area contributed by atoms with E-state index in [1.807, 2.05) is 16.8 Å². The molecule has 2 heterocycles. The molecule has 0 saturated carbocycles. The van der Waals surface area contributed by atoms with Crippen molar-refractivity contribution < 1.29 is 4.79 Å². The molecule has 0 fully saturated rings. The van der Waals surface area contributed by atoms with Crippen molar-refractivity contribution in [2.75, 3.05) is 6.54 Å². The number of aromatic nitrogens is 1. The summed E-state index contributed by atoms with van der Waals surface area (Å²) in [5.41, 5.74) is 3.53. The van der Waals surface area contributed by atoms with Crippen LogP contribution in [-0.4, -0.2) is 17.4 Å². The van der Waals surface area contributed by atoms with Crippen LogP contribution in [0.4, 0.5) is 0 Å². The van der Waals surface area contributed by atoms with Gasteiger partial charge < -0.3 is 5.32 Å². The maximum Gasteiger partial charge on any atom is 0.252 e. The van der Waals surface area contributed by atoms with Crippen LogP contribution < -0.4 is 5.32 Å². The lowest BCUT2D eigenvalue weighted by molar-refractivity contribution is 0.0954. The minimum Gasteiger partial charge on any atom is -0.352 e. The lowest BCUT2D eigenvalue weighted by atomic mass is 10.3. The second kappa shape index (κ2) is 5.56. The molecule has 0 aliphatic carbocycles. The smallest absolute Gasteiger partial charge is 0.252 e. The maximum atomic E-state index is 11.6. The van der Waals surface area contributed by atoms with E-state index in [-0.39, 0.29) is 5.91 Å². The first-order valence-electron chi connectivity index (χ1n) is 4.65. The molecule has 0 bridgehead atoms. The third-order valence-corrected chi connectivity index (χ3v) is 4.12. The molecular weight excluding hydrogens is 308 g/mol. The van der Waals surface area contributed by atoms with E-state index in [9.17, 15) is 4.79 Å². The number of halogens is 1. The molecule has 0 aliphatic rings. The highest BCUT2D eigenvalue weighted by Crippen LogP contribution is 2.20. The van der Waals surface area contributed by atoms with Gasteiger partial charge in [-0.1, -0.05) is 0 Å². The average molecular weight is 317 g/mol. The van der Waals surface area contributed by atoms with Gasteiger partial charge in [-0.05, 0) is 22.0 Å². The Kier molecular flexibility index (Phi) is 4.09. The molecule has 2 aromatic heterocycles. The molecule has 2 rings (SSSR count). The summed E-state index contributed by atoms with van der Waals surface area (Å²) in [7, 11) is 0. The Bertz CT molecular complexity index is 467. The molecular formula is C10H9BrN2OS2. The molecule has 6 heteroatoms. The molecule has 0 radical (unpaired) electrons. The summed E-state index contributed by atoms with van der Waals surface area (Å²) in [6, 6.07) is 1.82. The number of carbonyl (C=O) groups excluding carboxylic acids is 1. The van der Waals surface area contributed by atoms with Crippen LogP contribution in [0.2, 0.25) is 0 Å². The van der Waals surface area contributed by atoms with Crippen molar-refractivity contribution in [1.82, 2.24) is 10.3 Å². The lowest BCUT2D eigenvalue weighted by Gasteiger charge is -2.01. The number of nitrogens with zero attached hydrogens (tertiary/aromatic N) is 1. The summed E-state index contributed by atoms with van der Waals surface area (Å²) in [4.78, 5) is 15.8. The molecule has 1 amide bonds. The van der Waals surface area contributed by atoms with E-state index >= 15 is 0 Å². The largest absolute Gasteiger partial charge is 0.352 e. The van der Waals surface area contributed by atoms with Crippen molar-refractivity contribution in [3.8, 4) is 0 Å². The summed E-state index contributed by atoms with van der Waals surface area (Å²) in [5, 5.41) is 6.69. The molecule has 0 atom stereocenters. The first kappa shape index (κ1) is 11.8. The Morgan fingerprint density at radius 1 is 1.50 bits per heavy atom. The highest BCUT2D eigenvalue weighted by molar-refractivity contribution is 9.11.